The number of phenolic OH excluding ortho intramolecular Hbond substituents is 1. The number of anilines is 2. The minimum Gasteiger partial charge on any atom is -0.508 e. The Hall–Kier alpha value is -4.89. The van der Waals surface area contributed by atoms with Gasteiger partial charge in [0, 0.05) is 22.0 Å². The van der Waals surface area contributed by atoms with E-state index in [1.54, 1.807) is 25.1 Å². The summed E-state index contributed by atoms with van der Waals surface area (Å²) in [6, 6.07) is 16.0. The van der Waals surface area contributed by atoms with Crippen LogP contribution < -0.4 is 15.1 Å². The number of fused-ring (bicyclic) bond motifs is 2. The highest BCUT2D eigenvalue weighted by Gasteiger charge is 2.57. The standard InChI is InChI=1S/C32H24F3N3O7S2/c1-2-45-30(43)16-10-12-19(13-11-16)38-27(41)24-23(20-8-3-4-9-21(20)39)26-29(46-25(24)28(38)42)37(31(44)47-26)15-22(40)36-18-7-5-6-17(14-18)32(33,34)35/h3-14,23-25,39H,2,15H2,1H3,(H,36,40)/t23-,24+,25-/m0/s1. The molecule has 2 N–H and O–H groups in total. The molecule has 3 amide bonds. The highest BCUT2D eigenvalue weighted by atomic mass is 32.2. The number of hydrogen-bond donors (Lipinski definition) is 2. The molecule has 0 aliphatic carbocycles. The molecular weight excluding hydrogens is 659 g/mol. The van der Waals surface area contributed by atoms with E-state index < -0.39 is 63.9 Å². The zero-order valence-corrected chi connectivity index (χ0v) is 25.9. The molecule has 0 radical (unpaired) electrons. The second kappa shape index (κ2) is 12.4. The topological polar surface area (TPSA) is 135 Å². The zero-order valence-electron chi connectivity index (χ0n) is 24.3. The maximum absolute atomic E-state index is 14.0. The number of carbonyl (C=O) groups is 4. The molecule has 2 aliphatic rings. The summed E-state index contributed by atoms with van der Waals surface area (Å²) in [5, 5.41) is 12.4. The Morgan fingerprint density at radius 1 is 0.979 bits per heavy atom. The summed E-state index contributed by atoms with van der Waals surface area (Å²) in [7, 11) is 0. The molecule has 242 valence electrons. The lowest BCUT2D eigenvalue weighted by atomic mass is 9.82. The number of phenols is 1. The van der Waals surface area contributed by atoms with Gasteiger partial charge < -0.3 is 15.2 Å². The van der Waals surface area contributed by atoms with Gasteiger partial charge in [-0.3, -0.25) is 23.7 Å². The number of alkyl halides is 3. The number of ether oxygens (including phenoxy) is 1. The van der Waals surface area contributed by atoms with Crippen molar-refractivity contribution in [2.24, 2.45) is 5.92 Å². The van der Waals surface area contributed by atoms with Crippen molar-refractivity contribution in [3.05, 3.63) is 104 Å². The van der Waals surface area contributed by atoms with Gasteiger partial charge in [-0.2, -0.15) is 13.2 Å². The quantitative estimate of drug-likeness (QED) is 0.200. The van der Waals surface area contributed by atoms with E-state index in [4.69, 9.17) is 4.74 Å². The van der Waals surface area contributed by atoms with Gasteiger partial charge in [-0.05, 0) is 55.5 Å². The Morgan fingerprint density at radius 2 is 1.70 bits per heavy atom. The molecule has 3 aromatic carbocycles. The first-order valence-corrected chi connectivity index (χ1v) is 15.9. The maximum atomic E-state index is 14.0. The van der Waals surface area contributed by atoms with E-state index >= 15 is 0 Å². The van der Waals surface area contributed by atoms with Crippen LogP contribution in [0.5, 0.6) is 5.75 Å². The number of para-hydroxylation sites is 1. The van der Waals surface area contributed by atoms with Crippen molar-refractivity contribution in [1.82, 2.24) is 4.57 Å². The normalized spacial score (nSPS) is 18.9. The molecule has 0 unspecified atom stereocenters. The van der Waals surface area contributed by atoms with Gasteiger partial charge in [-0.1, -0.05) is 47.4 Å². The van der Waals surface area contributed by atoms with Crippen LogP contribution in [0, 0.1) is 5.92 Å². The lowest BCUT2D eigenvalue weighted by Crippen LogP contribution is -2.33. The Morgan fingerprint density at radius 3 is 2.38 bits per heavy atom. The molecule has 0 spiro atoms. The van der Waals surface area contributed by atoms with E-state index in [2.05, 4.69) is 5.32 Å². The van der Waals surface area contributed by atoms with Crippen molar-refractivity contribution in [1.29, 1.82) is 0 Å². The molecule has 6 rings (SSSR count). The van der Waals surface area contributed by atoms with Gasteiger partial charge in [0.1, 0.15) is 17.5 Å². The van der Waals surface area contributed by atoms with E-state index in [1.807, 2.05) is 0 Å². The molecule has 1 aromatic heterocycles. The van der Waals surface area contributed by atoms with Crippen molar-refractivity contribution in [3.63, 3.8) is 0 Å². The number of thioether (sulfide) groups is 1. The summed E-state index contributed by atoms with van der Waals surface area (Å²) < 4.78 is 45.7. The summed E-state index contributed by atoms with van der Waals surface area (Å²) in [5.74, 6) is -4.68. The number of esters is 1. The number of imide groups is 1. The van der Waals surface area contributed by atoms with Crippen LogP contribution >= 0.6 is 23.1 Å². The van der Waals surface area contributed by atoms with Gasteiger partial charge in [-0.25, -0.2) is 9.69 Å². The average molecular weight is 684 g/mol. The zero-order chi connectivity index (χ0) is 33.6. The van der Waals surface area contributed by atoms with Gasteiger partial charge >= 0.3 is 17.0 Å². The molecule has 0 saturated carbocycles. The monoisotopic (exact) mass is 683 g/mol. The Bertz CT molecular complexity index is 1970. The highest BCUT2D eigenvalue weighted by Crippen LogP contribution is 2.55. The van der Waals surface area contributed by atoms with Crippen LogP contribution in [-0.4, -0.2) is 45.2 Å². The molecule has 3 atom stereocenters. The van der Waals surface area contributed by atoms with Crippen LogP contribution in [-0.2, 0) is 31.8 Å². The lowest BCUT2D eigenvalue weighted by molar-refractivity contribution is -0.137. The third kappa shape index (κ3) is 5.91. The van der Waals surface area contributed by atoms with Gasteiger partial charge in [0.2, 0.25) is 17.7 Å². The van der Waals surface area contributed by atoms with Crippen LogP contribution in [0.2, 0.25) is 0 Å². The van der Waals surface area contributed by atoms with Crippen LogP contribution in [0.4, 0.5) is 24.5 Å². The fourth-order valence-electron chi connectivity index (χ4n) is 5.67. The Balaban J connectivity index is 1.36. The fraction of sp³-hybridized carbons (Fsp3) is 0.219. The SMILES string of the molecule is CCOC(=O)c1ccc(N2C(=O)[C@@H]3[C@H](c4ccccc4O)c4sc(=O)n(CC(=O)Nc5cccc(C(F)(F)F)c5)c4S[C@@H]3C2=O)cc1. The number of carbonyl (C=O) groups excluding carboxylic acids is 4. The number of hydrogen-bond acceptors (Lipinski definition) is 9. The predicted octanol–water partition coefficient (Wildman–Crippen LogP) is 5.25. The van der Waals surface area contributed by atoms with Gasteiger partial charge in [0.25, 0.3) is 0 Å². The number of thiazole rings is 1. The summed E-state index contributed by atoms with van der Waals surface area (Å²) in [5.41, 5.74) is -0.352. The minimum atomic E-state index is -4.63. The smallest absolute Gasteiger partial charge is 0.416 e. The van der Waals surface area contributed by atoms with Crippen LogP contribution in [0.25, 0.3) is 0 Å². The first kappa shape index (κ1) is 32.1. The second-order valence-electron chi connectivity index (χ2n) is 10.6. The van der Waals surface area contributed by atoms with Crippen molar-refractivity contribution < 1.29 is 42.2 Å². The summed E-state index contributed by atoms with van der Waals surface area (Å²) in [6.45, 7) is 1.25. The average Bonchev–Trinajstić information content (AvgIpc) is 3.47. The first-order chi connectivity index (χ1) is 22.4. The summed E-state index contributed by atoms with van der Waals surface area (Å²) >= 11 is 1.69. The van der Waals surface area contributed by atoms with Crippen molar-refractivity contribution in [2.45, 2.75) is 35.8 Å². The van der Waals surface area contributed by atoms with Gasteiger partial charge in [-0.15, -0.1) is 0 Å². The van der Waals surface area contributed by atoms with E-state index in [-0.39, 0.29) is 34.3 Å². The van der Waals surface area contributed by atoms with E-state index in [0.29, 0.717) is 10.4 Å². The molecule has 3 heterocycles. The predicted molar refractivity (Wildman–Crippen MR) is 167 cm³/mol. The molecule has 10 nitrogen and oxygen atoms in total. The van der Waals surface area contributed by atoms with Crippen LogP contribution in [0.15, 0.2) is 82.6 Å². The molecule has 2 aliphatic heterocycles. The molecular formula is C32H24F3N3O7S2. The summed E-state index contributed by atoms with van der Waals surface area (Å²) in [4.78, 5) is 67.2. The molecule has 0 bridgehead atoms. The van der Waals surface area contributed by atoms with Gasteiger partial charge in [0.05, 0.1) is 34.4 Å². The molecule has 1 fully saturated rings. The van der Waals surface area contributed by atoms with Crippen LogP contribution in [0.1, 0.15) is 39.2 Å². The van der Waals surface area contributed by atoms with Crippen molar-refractivity contribution in [2.75, 3.05) is 16.8 Å². The number of benzene rings is 3. The van der Waals surface area contributed by atoms with E-state index in [1.165, 1.54) is 36.4 Å². The third-order valence-electron chi connectivity index (χ3n) is 7.73. The molecule has 1 saturated heterocycles. The number of aromatic hydroxyl groups is 1. The number of amides is 3. The number of aromatic nitrogens is 1. The molecule has 15 heteroatoms. The largest absolute Gasteiger partial charge is 0.508 e. The number of rotatable bonds is 7. The number of halogens is 3. The second-order valence-corrected chi connectivity index (χ2v) is 12.8. The number of nitrogens with one attached hydrogen (secondary N) is 1. The summed E-state index contributed by atoms with van der Waals surface area (Å²) in [6.07, 6.45) is -4.63. The van der Waals surface area contributed by atoms with Crippen LogP contribution in [0.3, 0.4) is 0 Å². The van der Waals surface area contributed by atoms with Crippen molar-refractivity contribution >= 4 is 58.2 Å². The highest BCUT2D eigenvalue weighted by molar-refractivity contribution is 8.00. The number of nitrogens with zero attached hydrogens (tertiary/aromatic N) is 2. The molecule has 4 aromatic rings. The lowest BCUT2D eigenvalue weighted by Gasteiger charge is -2.31. The third-order valence-corrected chi connectivity index (χ3v) is 10.3. The van der Waals surface area contributed by atoms with E-state index in [0.717, 1.165) is 50.8 Å². The minimum absolute atomic E-state index is 0.122. The first-order valence-electron chi connectivity index (χ1n) is 14.2. The Kier molecular flexibility index (Phi) is 8.44. The van der Waals surface area contributed by atoms with E-state index in [9.17, 15) is 42.3 Å². The van der Waals surface area contributed by atoms with Gasteiger partial charge in [0.15, 0.2) is 0 Å². The Labute approximate surface area is 272 Å². The fourth-order valence-corrected chi connectivity index (χ4v) is 8.44. The maximum Gasteiger partial charge on any atom is 0.416 e. The molecule has 47 heavy (non-hydrogen) atoms. The van der Waals surface area contributed by atoms with Crippen molar-refractivity contribution in [3.8, 4) is 5.75 Å².